The molecule has 0 spiro atoms. The Labute approximate surface area is 170 Å². The van der Waals surface area contributed by atoms with E-state index in [0.717, 1.165) is 39.9 Å². The predicted octanol–water partition coefficient (Wildman–Crippen LogP) is 5.07. The van der Waals surface area contributed by atoms with Gasteiger partial charge in [-0.25, -0.2) is 0 Å². The lowest BCUT2D eigenvalue weighted by Crippen LogP contribution is -2.31. The fourth-order valence-corrected chi connectivity index (χ4v) is 4.54. The number of hydrogen-bond donors (Lipinski definition) is 2. The third kappa shape index (κ3) is 3.00. The summed E-state index contributed by atoms with van der Waals surface area (Å²) in [5.41, 5.74) is 5.47. The van der Waals surface area contributed by atoms with Gasteiger partial charge in [-0.1, -0.05) is 91.0 Å². The number of rotatable bonds is 3. The highest BCUT2D eigenvalue weighted by molar-refractivity contribution is 6.66. The van der Waals surface area contributed by atoms with Crippen molar-refractivity contribution in [3.63, 3.8) is 0 Å². The van der Waals surface area contributed by atoms with Crippen LogP contribution in [0.15, 0.2) is 91.0 Å². The molecule has 0 amide bonds. The van der Waals surface area contributed by atoms with Gasteiger partial charge in [0.25, 0.3) is 0 Å². The van der Waals surface area contributed by atoms with E-state index in [1.165, 1.54) is 16.7 Å². The van der Waals surface area contributed by atoms with E-state index in [1.54, 1.807) is 0 Å². The van der Waals surface area contributed by atoms with Crippen molar-refractivity contribution in [1.82, 2.24) is 0 Å². The van der Waals surface area contributed by atoms with Gasteiger partial charge in [0.15, 0.2) is 0 Å². The van der Waals surface area contributed by atoms with E-state index in [-0.39, 0.29) is 0 Å². The van der Waals surface area contributed by atoms with E-state index in [9.17, 15) is 10.0 Å². The van der Waals surface area contributed by atoms with E-state index < -0.39 is 7.12 Å². The highest BCUT2D eigenvalue weighted by Crippen LogP contribution is 2.40. The van der Waals surface area contributed by atoms with Crippen LogP contribution < -0.4 is 5.46 Å². The molecule has 4 aromatic carbocycles. The van der Waals surface area contributed by atoms with Crippen LogP contribution in [0.3, 0.4) is 0 Å². The number of fused-ring (bicyclic) bond motifs is 2. The summed E-state index contributed by atoms with van der Waals surface area (Å²) in [6, 6.07) is 24.6. The van der Waals surface area contributed by atoms with Crippen LogP contribution in [0.5, 0.6) is 0 Å². The molecule has 0 radical (unpaired) electrons. The Morgan fingerprint density at radius 3 is 1.76 bits per heavy atom. The van der Waals surface area contributed by atoms with Crippen molar-refractivity contribution in [2.75, 3.05) is 0 Å². The molecule has 2 nitrogen and oxygen atoms in total. The monoisotopic (exact) mass is 376 g/mol. The zero-order valence-electron chi connectivity index (χ0n) is 16.0. The molecule has 0 saturated heterocycles. The molecule has 0 fully saturated rings. The molecule has 2 N–H and O–H groups in total. The standard InChI is InChI=1S/C26H21BO2/c28-27(29)26-23-16-8-6-14-21(23)25(22-15-7-9-17-24(22)26)20-13-5-4-12-19(20)18-10-2-1-3-11-18/h1-2,4-10,12-17,28-29H,3,11H2. The molecule has 0 aromatic heterocycles. The molecule has 0 aliphatic heterocycles. The first kappa shape index (κ1) is 17.9. The molecule has 4 aromatic rings. The topological polar surface area (TPSA) is 40.5 Å². The first-order valence-electron chi connectivity index (χ1n) is 10.0. The third-order valence-electron chi connectivity index (χ3n) is 5.79. The minimum atomic E-state index is -1.53. The summed E-state index contributed by atoms with van der Waals surface area (Å²) in [5.74, 6) is 0. The molecular weight excluding hydrogens is 355 g/mol. The van der Waals surface area contributed by atoms with Gasteiger partial charge in [-0.15, -0.1) is 0 Å². The SMILES string of the molecule is OB(O)c1c2ccccc2c(-c2ccccc2C2=CC=CCC2)c2ccccc12. The van der Waals surface area contributed by atoms with Gasteiger partial charge in [0, 0.05) is 0 Å². The average molecular weight is 376 g/mol. The molecule has 0 heterocycles. The zero-order chi connectivity index (χ0) is 19.8. The fraction of sp³-hybridized carbons (Fsp3) is 0.0769. The van der Waals surface area contributed by atoms with Crippen LogP contribution in [0, 0.1) is 0 Å². The van der Waals surface area contributed by atoms with Crippen molar-refractivity contribution in [2.24, 2.45) is 0 Å². The van der Waals surface area contributed by atoms with E-state index in [4.69, 9.17) is 0 Å². The Kier molecular flexibility index (Phi) is 4.55. The molecule has 29 heavy (non-hydrogen) atoms. The Balaban J connectivity index is 1.94. The smallest absolute Gasteiger partial charge is 0.423 e. The van der Waals surface area contributed by atoms with Crippen LogP contribution in [0.4, 0.5) is 0 Å². The molecule has 0 bridgehead atoms. The van der Waals surface area contributed by atoms with E-state index in [0.29, 0.717) is 5.46 Å². The summed E-state index contributed by atoms with van der Waals surface area (Å²) in [6.45, 7) is 0. The van der Waals surface area contributed by atoms with Gasteiger partial charge < -0.3 is 10.0 Å². The Morgan fingerprint density at radius 2 is 1.21 bits per heavy atom. The minimum Gasteiger partial charge on any atom is -0.423 e. The van der Waals surface area contributed by atoms with Crippen LogP contribution in [-0.4, -0.2) is 17.2 Å². The maximum Gasteiger partial charge on any atom is 0.489 e. The Bertz CT molecular complexity index is 1230. The number of allylic oxidation sites excluding steroid dienone is 4. The molecule has 1 aliphatic rings. The summed E-state index contributed by atoms with van der Waals surface area (Å²) in [4.78, 5) is 0. The van der Waals surface area contributed by atoms with Gasteiger partial charge in [0.1, 0.15) is 0 Å². The van der Waals surface area contributed by atoms with Gasteiger partial charge in [0.2, 0.25) is 0 Å². The van der Waals surface area contributed by atoms with Gasteiger partial charge >= 0.3 is 7.12 Å². The van der Waals surface area contributed by atoms with E-state index >= 15 is 0 Å². The fourth-order valence-electron chi connectivity index (χ4n) is 4.54. The second-order valence-electron chi connectivity index (χ2n) is 7.46. The minimum absolute atomic E-state index is 0.567. The second kappa shape index (κ2) is 7.36. The summed E-state index contributed by atoms with van der Waals surface area (Å²) < 4.78 is 0. The summed E-state index contributed by atoms with van der Waals surface area (Å²) in [5, 5.41) is 24.2. The van der Waals surface area contributed by atoms with Gasteiger partial charge in [0.05, 0.1) is 0 Å². The normalized spacial score (nSPS) is 13.7. The maximum atomic E-state index is 10.2. The third-order valence-corrected chi connectivity index (χ3v) is 5.79. The van der Waals surface area contributed by atoms with Crippen molar-refractivity contribution in [2.45, 2.75) is 12.8 Å². The number of hydrogen-bond acceptors (Lipinski definition) is 2. The quantitative estimate of drug-likeness (QED) is 0.387. The van der Waals surface area contributed by atoms with Crippen LogP contribution >= 0.6 is 0 Å². The van der Waals surface area contributed by atoms with Crippen LogP contribution in [-0.2, 0) is 0 Å². The first-order valence-corrected chi connectivity index (χ1v) is 10.0. The predicted molar refractivity (Wildman–Crippen MR) is 123 cm³/mol. The summed E-state index contributed by atoms with van der Waals surface area (Å²) >= 11 is 0. The first-order chi connectivity index (χ1) is 14.3. The van der Waals surface area contributed by atoms with Gasteiger partial charge in [-0.2, -0.15) is 0 Å². The highest BCUT2D eigenvalue weighted by Gasteiger charge is 2.23. The molecule has 140 valence electrons. The van der Waals surface area contributed by atoms with Crippen molar-refractivity contribution < 1.29 is 10.0 Å². The van der Waals surface area contributed by atoms with Crippen LogP contribution in [0.1, 0.15) is 18.4 Å². The van der Waals surface area contributed by atoms with Crippen molar-refractivity contribution >= 4 is 39.7 Å². The van der Waals surface area contributed by atoms with Crippen LogP contribution in [0.2, 0.25) is 0 Å². The number of benzene rings is 4. The largest absolute Gasteiger partial charge is 0.489 e. The lowest BCUT2D eigenvalue weighted by Gasteiger charge is -2.20. The molecular formula is C26H21BO2. The Hall–Kier alpha value is -3.14. The van der Waals surface area contributed by atoms with E-state index in [2.05, 4.69) is 54.6 Å². The van der Waals surface area contributed by atoms with Gasteiger partial charge in [-0.05, 0) is 62.1 Å². The van der Waals surface area contributed by atoms with Crippen molar-refractivity contribution in [3.05, 3.63) is 96.6 Å². The molecule has 0 saturated carbocycles. The second-order valence-corrected chi connectivity index (χ2v) is 7.46. The van der Waals surface area contributed by atoms with Gasteiger partial charge in [-0.3, -0.25) is 0 Å². The maximum absolute atomic E-state index is 10.2. The summed E-state index contributed by atoms with van der Waals surface area (Å²) in [6.07, 6.45) is 8.62. The highest BCUT2D eigenvalue weighted by atomic mass is 16.4. The van der Waals surface area contributed by atoms with Crippen molar-refractivity contribution in [3.8, 4) is 11.1 Å². The molecule has 3 heteroatoms. The molecule has 5 rings (SSSR count). The Morgan fingerprint density at radius 1 is 0.655 bits per heavy atom. The summed E-state index contributed by atoms with van der Waals surface area (Å²) in [7, 11) is -1.53. The average Bonchev–Trinajstić information content (AvgIpc) is 2.77. The molecule has 0 atom stereocenters. The molecule has 1 aliphatic carbocycles. The van der Waals surface area contributed by atoms with Crippen molar-refractivity contribution in [1.29, 1.82) is 0 Å². The van der Waals surface area contributed by atoms with Crippen LogP contribution in [0.25, 0.3) is 38.2 Å². The lowest BCUT2D eigenvalue weighted by molar-refractivity contribution is 0.426. The zero-order valence-corrected chi connectivity index (χ0v) is 16.0. The molecule has 0 unspecified atom stereocenters. The van der Waals surface area contributed by atoms with E-state index in [1.807, 2.05) is 36.4 Å². The lowest BCUT2D eigenvalue weighted by atomic mass is 9.72.